The van der Waals surface area contributed by atoms with Crippen molar-refractivity contribution in [2.45, 2.75) is 31.7 Å². The van der Waals surface area contributed by atoms with Crippen molar-refractivity contribution in [2.24, 2.45) is 5.41 Å². The normalized spacial score (nSPS) is 16.8. The summed E-state index contributed by atoms with van der Waals surface area (Å²) >= 11 is 0. The third kappa shape index (κ3) is 5.35. The first-order valence-corrected chi connectivity index (χ1v) is 7.53. The van der Waals surface area contributed by atoms with Crippen molar-refractivity contribution in [1.29, 1.82) is 0 Å². The molecular weight excluding hydrogens is 343 g/mol. The fraction of sp³-hybridized carbons (Fsp3) is 0.500. The molecule has 1 fully saturated rings. The molecule has 0 aromatic heterocycles. The number of halogens is 3. The molecule has 2 rings (SSSR count). The topological polar surface area (TPSA) is 84.9 Å². The zero-order valence-electron chi connectivity index (χ0n) is 13.4. The molecule has 25 heavy (non-hydrogen) atoms. The largest absolute Gasteiger partial charge is 0.573 e. The lowest BCUT2D eigenvalue weighted by Gasteiger charge is -2.19. The van der Waals surface area contributed by atoms with E-state index in [0.29, 0.717) is 24.8 Å². The number of hydrogen-bond acceptors (Lipinski definition) is 4. The van der Waals surface area contributed by atoms with E-state index in [1.165, 1.54) is 31.4 Å². The minimum absolute atomic E-state index is 0.152. The predicted octanol–water partition coefficient (Wildman–Crippen LogP) is 2.12. The molecule has 0 heterocycles. The van der Waals surface area contributed by atoms with Crippen LogP contribution in [0.15, 0.2) is 24.3 Å². The smallest absolute Gasteiger partial charge is 0.480 e. The molecule has 0 spiro atoms. The lowest BCUT2D eigenvalue weighted by molar-refractivity contribution is -0.274. The number of ether oxygens (including phenoxy) is 2. The van der Waals surface area contributed by atoms with Gasteiger partial charge in [-0.15, -0.1) is 13.2 Å². The molecule has 9 heteroatoms. The second kappa shape index (κ2) is 7.30. The van der Waals surface area contributed by atoms with E-state index in [9.17, 15) is 22.8 Å². The maximum atomic E-state index is 12.4. The first kappa shape index (κ1) is 19.0. The van der Waals surface area contributed by atoms with Crippen LogP contribution in [-0.2, 0) is 20.7 Å². The van der Waals surface area contributed by atoms with Crippen LogP contribution in [0, 0.1) is 5.41 Å². The number of methoxy groups -OCH3 is 1. The third-order valence-electron chi connectivity index (χ3n) is 3.97. The molecule has 0 bridgehead atoms. The van der Waals surface area contributed by atoms with Gasteiger partial charge in [0.1, 0.15) is 5.75 Å². The van der Waals surface area contributed by atoms with Crippen LogP contribution in [0.2, 0.25) is 0 Å². The van der Waals surface area contributed by atoms with Crippen molar-refractivity contribution < 1.29 is 37.3 Å². The van der Waals surface area contributed by atoms with Gasteiger partial charge in [-0.25, -0.2) is 4.79 Å². The van der Waals surface area contributed by atoms with E-state index >= 15 is 0 Å². The Morgan fingerprint density at radius 1 is 1.28 bits per heavy atom. The fourth-order valence-electron chi connectivity index (χ4n) is 2.49. The Balaban J connectivity index is 1.99. The van der Waals surface area contributed by atoms with Gasteiger partial charge in [-0.3, -0.25) is 4.79 Å². The number of carbonyl (C=O) groups excluding carboxylic acids is 1. The molecule has 1 aliphatic carbocycles. The maximum absolute atomic E-state index is 12.4. The molecule has 1 amide bonds. The Kier molecular flexibility index (Phi) is 5.56. The van der Waals surface area contributed by atoms with Crippen molar-refractivity contribution in [3.8, 4) is 5.75 Å². The van der Waals surface area contributed by atoms with Crippen molar-refractivity contribution >= 4 is 11.9 Å². The molecule has 1 aromatic carbocycles. The lowest BCUT2D eigenvalue weighted by atomic mass is 9.95. The zero-order valence-corrected chi connectivity index (χ0v) is 13.4. The second-order valence-corrected chi connectivity index (χ2v) is 5.97. The van der Waals surface area contributed by atoms with Crippen molar-refractivity contribution in [2.75, 3.05) is 13.7 Å². The van der Waals surface area contributed by atoms with Crippen LogP contribution in [0.3, 0.4) is 0 Å². The van der Waals surface area contributed by atoms with Gasteiger partial charge >= 0.3 is 12.3 Å². The Labute approximate surface area is 141 Å². The van der Waals surface area contributed by atoms with Gasteiger partial charge in [0, 0.05) is 7.11 Å². The molecular formula is C16H18F3NO5. The van der Waals surface area contributed by atoms with Gasteiger partial charge < -0.3 is 19.9 Å². The summed E-state index contributed by atoms with van der Waals surface area (Å²) in [6.45, 7) is -0.152. The van der Waals surface area contributed by atoms with Gasteiger partial charge in [-0.2, -0.15) is 0 Å². The van der Waals surface area contributed by atoms with Crippen LogP contribution in [-0.4, -0.2) is 43.1 Å². The first-order chi connectivity index (χ1) is 11.6. The summed E-state index contributed by atoms with van der Waals surface area (Å²) in [4.78, 5) is 23.5. The number of rotatable bonds is 8. The van der Waals surface area contributed by atoms with Crippen LogP contribution in [0.5, 0.6) is 5.75 Å². The highest BCUT2D eigenvalue weighted by Crippen LogP contribution is 2.48. The maximum Gasteiger partial charge on any atom is 0.573 e. The summed E-state index contributed by atoms with van der Waals surface area (Å²) in [6, 6.07) is 4.14. The molecule has 6 nitrogen and oxygen atoms in total. The average molecular weight is 361 g/mol. The average Bonchev–Trinajstić information content (AvgIpc) is 3.28. The number of aliphatic carboxylic acids is 1. The van der Waals surface area contributed by atoms with Crippen LogP contribution < -0.4 is 10.1 Å². The van der Waals surface area contributed by atoms with E-state index in [1.54, 1.807) is 0 Å². The summed E-state index contributed by atoms with van der Waals surface area (Å²) in [7, 11) is 1.33. The van der Waals surface area contributed by atoms with Crippen LogP contribution in [0.4, 0.5) is 13.2 Å². The minimum atomic E-state index is -4.76. The Morgan fingerprint density at radius 3 is 2.32 bits per heavy atom. The van der Waals surface area contributed by atoms with Crippen molar-refractivity contribution in [3.63, 3.8) is 0 Å². The SMILES string of the molecule is COCC(NC(=O)C1(Cc2ccc(OC(F)(F)F)cc2)CC1)C(=O)O. The summed E-state index contributed by atoms with van der Waals surface area (Å²) in [5, 5.41) is 11.5. The molecule has 1 aromatic rings. The molecule has 0 radical (unpaired) electrons. The van der Waals surface area contributed by atoms with Gasteiger partial charge in [0.15, 0.2) is 6.04 Å². The standard InChI is InChI=1S/C16H18F3NO5/c1-24-9-12(13(21)22)20-14(23)15(6-7-15)8-10-2-4-11(5-3-10)25-16(17,18)19/h2-5,12H,6-9H2,1H3,(H,20,23)(H,21,22). The van der Waals surface area contributed by atoms with Crippen molar-refractivity contribution in [1.82, 2.24) is 5.32 Å². The lowest BCUT2D eigenvalue weighted by Crippen LogP contribution is -2.47. The highest BCUT2D eigenvalue weighted by molar-refractivity contribution is 5.89. The van der Waals surface area contributed by atoms with Gasteiger partial charge in [0.2, 0.25) is 5.91 Å². The van der Waals surface area contributed by atoms with E-state index in [1.807, 2.05) is 0 Å². The van der Waals surface area contributed by atoms with Gasteiger partial charge in [-0.05, 0) is 37.0 Å². The zero-order chi connectivity index (χ0) is 18.7. The number of carbonyl (C=O) groups is 2. The first-order valence-electron chi connectivity index (χ1n) is 7.53. The molecule has 1 aliphatic rings. The minimum Gasteiger partial charge on any atom is -0.480 e. The van der Waals surface area contributed by atoms with Crippen molar-refractivity contribution in [3.05, 3.63) is 29.8 Å². The Bertz CT molecular complexity index is 626. The Hall–Kier alpha value is -2.29. The molecule has 2 N–H and O–H groups in total. The van der Waals surface area contributed by atoms with E-state index in [0.717, 1.165) is 0 Å². The highest BCUT2D eigenvalue weighted by Gasteiger charge is 2.50. The predicted molar refractivity (Wildman–Crippen MR) is 79.9 cm³/mol. The van der Waals surface area contributed by atoms with Gasteiger partial charge in [0.05, 0.1) is 12.0 Å². The second-order valence-electron chi connectivity index (χ2n) is 5.97. The summed E-state index contributed by atoms with van der Waals surface area (Å²) in [5.41, 5.74) is -0.0609. The van der Waals surface area contributed by atoms with Crippen LogP contribution in [0.25, 0.3) is 0 Å². The molecule has 1 unspecified atom stereocenters. The van der Waals surface area contributed by atoms with E-state index < -0.39 is 29.7 Å². The molecule has 1 atom stereocenters. The van der Waals surface area contributed by atoms with E-state index in [4.69, 9.17) is 9.84 Å². The monoisotopic (exact) mass is 361 g/mol. The van der Waals surface area contributed by atoms with Gasteiger partial charge in [-0.1, -0.05) is 12.1 Å². The Morgan fingerprint density at radius 2 is 1.88 bits per heavy atom. The highest BCUT2D eigenvalue weighted by atomic mass is 19.4. The van der Waals surface area contributed by atoms with Crippen LogP contribution >= 0.6 is 0 Å². The number of alkyl halides is 3. The van der Waals surface area contributed by atoms with E-state index in [2.05, 4.69) is 10.1 Å². The number of carboxylic acid groups (broad SMARTS) is 1. The molecule has 138 valence electrons. The number of carboxylic acids is 1. The summed E-state index contributed by atoms with van der Waals surface area (Å²) in [6.07, 6.45) is -3.28. The number of benzene rings is 1. The summed E-state index contributed by atoms with van der Waals surface area (Å²) < 4.78 is 45.0. The molecule has 1 saturated carbocycles. The summed E-state index contributed by atoms with van der Waals surface area (Å²) in [5.74, 6) is -1.93. The molecule has 0 aliphatic heterocycles. The number of amides is 1. The van der Waals surface area contributed by atoms with Gasteiger partial charge in [0.25, 0.3) is 0 Å². The van der Waals surface area contributed by atoms with E-state index in [-0.39, 0.29) is 12.4 Å². The quantitative estimate of drug-likeness (QED) is 0.741. The molecule has 0 saturated heterocycles. The van der Waals surface area contributed by atoms with Crippen LogP contribution in [0.1, 0.15) is 18.4 Å². The fourth-order valence-corrected chi connectivity index (χ4v) is 2.49. The number of hydrogen-bond donors (Lipinski definition) is 2. The third-order valence-corrected chi connectivity index (χ3v) is 3.97. The number of nitrogens with one attached hydrogen (secondary N) is 1.